The third-order valence-corrected chi connectivity index (χ3v) is 2.34. The number of rotatable bonds is 2. The maximum Gasteiger partial charge on any atom is 0.338 e. The van der Waals surface area contributed by atoms with Crippen LogP contribution in [-0.4, -0.2) is 11.9 Å². The summed E-state index contributed by atoms with van der Waals surface area (Å²) in [4.78, 5) is 22.8. The van der Waals surface area contributed by atoms with Crippen molar-refractivity contribution in [2.45, 2.75) is 20.8 Å². The maximum atomic E-state index is 11.4. The fraction of sp³-hybridized carbons (Fsp3) is 0.286. The predicted molar refractivity (Wildman–Crippen MR) is 71.0 cm³/mol. The number of esters is 2. The highest BCUT2D eigenvalue weighted by Crippen LogP contribution is 2.15. The lowest BCUT2D eigenvalue weighted by Gasteiger charge is -2.14. The summed E-state index contributed by atoms with van der Waals surface area (Å²) in [6.07, 6.45) is 2.78. The zero-order valence-corrected chi connectivity index (χ0v) is 11.3. The molecule has 4 heteroatoms. The number of hydrogen-bond donors (Lipinski definition) is 0. The molecule has 0 aliphatic heterocycles. The Morgan fingerprint density at radius 1 is 1.17 bits per heavy atom. The van der Waals surface area contributed by atoms with Crippen LogP contribution in [0.5, 0.6) is 0 Å². The number of carbonyl (C=O) groups is 2. The van der Waals surface area contributed by atoms with Crippen molar-refractivity contribution in [3.05, 3.63) is 40.9 Å². The van der Waals surface area contributed by atoms with Gasteiger partial charge in [-0.2, -0.15) is 0 Å². The second-order valence-electron chi connectivity index (χ2n) is 4.84. The molecule has 0 atom stereocenters. The van der Waals surface area contributed by atoms with Gasteiger partial charge in [0.15, 0.2) is 0 Å². The largest absolute Gasteiger partial charge is 0.389 e. The summed E-state index contributed by atoms with van der Waals surface area (Å²) in [5.74, 6) is -1.22. The summed E-state index contributed by atoms with van der Waals surface area (Å²) in [5, 5.41) is 0.623. The van der Waals surface area contributed by atoms with E-state index in [1.165, 1.54) is 6.08 Å². The molecule has 0 N–H and O–H groups in total. The molecule has 0 aliphatic rings. The van der Waals surface area contributed by atoms with Gasteiger partial charge in [0.25, 0.3) is 0 Å². The van der Waals surface area contributed by atoms with Crippen LogP contribution in [0.15, 0.2) is 30.3 Å². The van der Waals surface area contributed by atoms with E-state index in [2.05, 4.69) is 4.74 Å². The highest BCUT2D eigenvalue weighted by molar-refractivity contribution is 6.30. The van der Waals surface area contributed by atoms with E-state index >= 15 is 0 Å². The first-order valence-corrected chi connectivity index (χ1v) is 5.87. The van der Waals surface area contributed by atoms with Crippen LogP contribution < -0.4 is 0 Å². The van der Waals surface area contributed by atoms with Gasteiger partial charge in [0.2, 0.25) is 0 Å². The molecule has 0 spiro atoms. The van der Waals surface area contributed by atoms with Gasteiger partial charge in [-0.3, -0.25) is 4.79 Å². The van der Waals surface area contributed by atoms with Gasteiger partial charge in [-0.1, -0.05) is 23.7 Å². The first kappa shape index (κ1) is 14.5. The highest BCUT2D eigenvalue weighted by atomic mass is 35.5. The number of halogens is 1. The highest BCUT2D eigenvalue weighted by Gasteiger charge is 2.24. The van der Waals surface area contributed by atoms with Gasteiger partial charge in [-0.05, 0) is 44.5 Å². The molecule has 1 aromatic rings. The molecule has 0 amide bonds. The van der Waals surface area contributed by atoms with E-state index < -0.39 is 17.4 Å². The van der Waals surface area contributed by atoms with Gasteiger partial charge < -0.3 is 4.74 Å². The molecule has 0 radical (unpaired) electrons. The van der Waals surface area contributed by atoms with E-state index in [9.17, 15) is 9.59 Å². The van der Waals surface area contributed by atoms with Crippen LogP contribution in [0, 0.1) is 5.41 Å². The fourth-order valence-corrected chi connectivity index (χ4v) is 1.14. The topological polar surface area (TPSA) is 43.4 Å². The Kier molecular flexibility index (Phi) is 4.68. The predicted octanol–water partition coefficient (Wildman–Crippen LogP) is 3.47. The Labute approximate surface area is 111 Å². The lowest BCUT2D eigenvalue weighted by atomic mass is 9.97. The minimum absolute atomic E-state index is 0.548. The van der Waals surface area contributed by atoms with Gasteiger partial charge in [0.05, 0.1) is 5.41 Å². The van der Waals surface area contributed by atoms with Crippen molar-refractivity contribution < 1.29 is 14.3 Å². The average Bonchev–Trinajstić information content (AvgIpc) is 2.27. The molecule has 0 heterocycles. The minimum Gasteiger partial charge on any atom is -0.389 e. The zero-order valence-electron chi connectivity index (χ0n) is 10.6. The van der Waals surface area contributed by atoms with Gasteiger partial charge >= 0.3 is 11.9 Å². The van der Waals surface area contributed by atoms with Crippen LogP contribution in [0.1, 0.15) is 26.3 Å². The van der Waals surface area contributed by atoms with Crippen molar-refractivity contribution in [3.63, 3.8) is 0 Å². The molecule has 1 aromatic carbocycles. The third-order valence-electron chi connectivity index (χ3n) is 2.09. The number of benzene rings is 1. The Balaban J connectivity index is 2.60. The molecule has 3 nitrogen and oxygen atoms in total. The van der Waals surface area contributed by atoms with Crippen molar-refractivity contribution in [2.75, 3.05) is 0 Å². The molecule has 0 unspecified atom stereocenters. The van der Waals surface area contributed by atoms with Crippen LogP contribution >= 0.6 is 11.6 Å². The van der Waals surface area contributed by atoms with Crippen molar-refractivity contribution >= 4 is 29.6 Å². The van der Waals surface area contributed by atoms with E-state index in [1.54, 1.807) is 51.1 Å². The monoisotopic (exact) mass is 266 g/mol. The van der Waals surface area contributed by atoms with Gasteiger partial charge in [-0.15, -0.1) is 0 Å². The standard InChI is InChI=1S/C14H15ClO3/c1-14(2,3)13(17)18-12(16)9-6-10-4-7-11(15)8-5-10/h4-9H,1-3H3/b9-6+. The first-order valence-electron chi connectivity index (χ1n) is 5.49. The quantitative estimate of drug-likeness (QED) is 0.468. The van der Waals surface area contributed by atoms with Crippen molar-refractivity contribution in [1.29, 1.82) is 0 Å². The van der Waals surface area contributed by atoms with E-state index in [-0.39, 0.29) is 0 Å². The summed E-state index contributed by atoms with van der Waals surface area (Å²) in [7, 11) is 0. The van der Waals surface area contributed by atoms with Crippen LogP contribution in [0.2, 0.25) is 5.02 Å². The van der Waals surface area contributed by atoms with E-state index in [0.29, 0.717) is 5.02 Å². The van der Waals surface area contributed by atoms with Crippen LogP contribution in [0.4, 0.5) is 0 Å². The second-order valence-corrected chi connectivity index (χ2v) is 5.28. The molecular weight excluding hydrogens is 252 g/mol. The Hall–Kier alpha value is -1.61. The smallest absolute Gasteiger partial charge is 0.338 e. The zero-order chi connectivity index (χ0) is 13.8. The summed E-state index contributed by atoms with van der Waals surface area (Å²) >= 11 is 5.73. The van der Waals surface area contributed by atoms with E-state index in [4.69, 9.17) is 11.6 Å². The number of hydrogen-bond acceptors (Lipinski definition) is 3. The Bertz CT molecular complexity index is 467. The molecule has 0 aliphatic carbocycles. The molecular formula is C14H15ClO3. The third kappa shape index (κ3) is 4.72. The van der Waals surface area contributed by atoms with Gasteiger partial charge in [0, 0.05) is 11.1 Å². The fourth-order valence-electron chi connectivity index (χ4n) is 1.02. The first-order chi connectivity index (χ1) is 8.29. The van der Waals surface area contributed by atoms with Crippen molar-refractivity contribution in [1.82, 2.24) is 0 Å². The maximum absolute atomic E-state index is 11.4. The number of ether oxygens (including phenoxy) is 1. The Morgan fingerprint density at radius 3 is 2.22 bits per heavy atom. The Morgan fingerprint density at radius 2 is 1.72 bits per heavy atom. The van der Waals surface area contributed by atoms with Crippen molar-refractivity contribution in [3.8, 4) is 0 Å². The molecule has 0 saturated heterocycles. The molecule has 0 aromatic heterocycles. The summed E-state index contributed by atoms with van der Waals surface area (Å²) in [6, 6.07) is 6.95. The van der Waals surface area contributed by atoms with Gasteiger partial charge in [-0.25, -0.2) is 4.79 Å². The molecule has 0 saturated carbocycles. The van der Waals surface area contributed by atoms with E-state index in [0.717, 1.165) is 5.56 Å². The lowest BCUT2D eigenvalue weighted by molar-refractivity contribution is -0.162. The van der Waals surface area contributed by atoms with Crippen LogP contribution in [0.3, 0.4) is 0 Å². The summed E-state index contributed by atoms with van der Waals surface area (Å²) < 4.78 is 4.67. The minimum atomic E-state index is -0.691. The summed E-state index contributed by atoms with van der Waals surface area (Å²) in [6.45, 7) is 5.06. The molecule has 0 bridgehead atoms. The summed E-state index contributed by atoms with van der Waals surface area (Å²) in [5.41, 5.74) is 0.114. The second kappa shape index (κ2) is 5.83. The lowest BCUT2D eigenvalue weighted by Crippen LogP contribution is -2.25. The molecule has 96 valence electrons. The van der Waals surface area contributed by atoms with Crippen LogP contribution in [-0.2, 0) is 14.3 Å². The van der Waals surface area contributed by atoms with E-state index in [1.807, 2.05) is 0 Å². The molecule has 0 fully saturated rings. The average molecular weight is 267 g/mol. The van der Waals surface area contributed by atoms with Gasteiger partial charge in [0.1, 0.15) is 0 Å². The van der Waals surface area contributed by atoms with Crippen molar-refractivity contribution in [2.24, 2.45) is 5.41 Å². The molecule has 18 heavy (non-hydrogen) atoms. The SMILES string of the molecule is CC(C)(C)C(=O)OC(=O)/C=C/c1ccc(Cl)cc1. The molecule has 1 rings (SSSR count). The number of carbonyl (C=O) groups excluding carboxylic acids is 2. The van der Waals surface area contributed by atoms with Crippen LogP contribution in [0.25, 0.3) is 6.08 Å². The normalized spacial score (nSPS) is 11.6.